The smallest absolute Gasteiger partial charge is 0.211 e. The van der Waals surface area contributed by atoms with Gasteiger partial charge in [-0.2, -0.15) is 0 Å². The van der Waals surface area contributed by atoms with Gasteiger partial charge in [0.05, 0.1) is 6.20 Å². The zero-order chi connectivity index (χ0) is 14.2. The van der Waals surface area contributed by atoms with Crippen LogP contribution in [0.5, 0.6) is 0 Å². The number of pyridine rings is 1. The van der Waals surface area contributed by atoms with Crippen molar-refractivity contribution in [2.24, 2.45) is 0 Å². The molecule has 0 N–H and O–H groups in total. The molecule has 3 heteroatoms. The van der Waals surface area contributed by atoms with Gasteiger partial charge in [-0.3, -0.25) is 9.20 Å². The lowest BCUT2D eigenvalue weighted by Crippen LogP contribution is -2.04. The number of carbonyl (C=O) groups is 1. The largest absolute Gasteiger partial charge is 0.296 e. The summed E-state index contributed by atoms with van der Waals surface area (Å²) in [6, 6.07) is 19.3. The van der Waals surface area contributed by atoms with E-state index in [4.69, 9.17) is 0 Å². The molecule has 0 unspecified atom stereocenters. The van der Waals surface area contributed by atoms with E-state index < -0.39 is 0 Å². The van der Waals surface area contributed by atoms with Crippen LogP contribution in [0.3, 0.4) is 0 Å². The monoisotopic (exact) mass is 272 g/mol. The molecule has 21 heavy (non-hydrogen) atoms. The molecule has 0 amide bonds. The standard InChI is InChI=1S/C18H12N2O/c21-17(14-7-2-1-3-8-14)16-12-19-18-15-9-5-4-6-13(15)10-11-20(16)18/h1-12H. The third kappa shape index (κ3) is 1.82. The van der Waals surface area contributed by atoms with Crippen LogP contribution < -0.4 is 0 Å². The molecule has 100 valence electrons. The summed E-state index contributed by atoms with van der Waals surface area (Å²) < 4.78 is 1.86. The Bertz CT molecular complexity index is 955. The van der Waals surface area contributed by atoms with E-state index in [0.717, 1.165) is 16.4 Å². The fourth-order valence-electron chi connectivity index (χ4n) is 2.62. The van der Waals surface area contributed by atoms with Crippen molar-refractivity contribution in [2.45, 2.75) is 0 Å². The first-order valence-corrected chi connectivity index (χ1v) is 6.79. The fourth-order valence-corrected chi connectivity index (χ4v) is 2.62. The molecule has 2 heterocycles. The predicted octanol–water partition coefficient (Wildman–Crippen LogP) is 3.72. The summed E-state index contributed by atoms with van der Waals surface area (Å²) in [6.07, 6.45) is 3.55. The van der Waals surface area contributed by atoms with E-state index in [9.17, 15) is 4.79 Å². The Kier molecular flexibility index (Phi) is 2.57. The number of nitrogens with zero attached hydrogens (tertiary/aromatic N) is 2. The molecule has 2 aromatic heterocycles. The van der Waals surface area contributed by atoms with Crippen LogP contribution in [-0.2, 0) is 0 Å². The van der Waals surface area contributed by atoms with E-state index in [2.05, 4.69) is 4.98 Å². The summed E-state index contributed by atoms with van der Waals surface area (Å²) in [4.78, 5) is 17.0. The zero-order valence-corrected chi connectivity index (χ0v) is 11.2. The van der Waals surface area contributed by atoms with Crippen molar-refractivity contribution in [3.8, 4) is 0 Å². The predicted molar refractivity (Wildman–Crippen MR) is 82.6 cm³/mol. The minimum absolute atomic E-state index is 0.0154. The molecule has 0 bridgehead atoms. The van der Waals surface area contributed by atoms with Crippen LogP contribution in [0.2, 0.25) is 0 Å². The molecule has 2 aromatic carbocycles. The lowest BCUT2D eigenvalue weighted by Gasteiger charge is -2.03. The van der Waals surface area contributed by atoms with E-state index in [-0.39, 0.29) is 5.78 Å². The molecule has 0 radical (unpaired) electrons. The van der Waals surface area contributed by atoms with Crippen molar-refractivity contribution in [1.29, 1.82) is 0 Å². The molecular formula is C18H12N2O. The maximum absolute atomic E-state index is 12.6. The minimum atomic E-state index is -0.0154. The van der Waals surface area contributed by atoms with Gasteiger partial charge in [-0.15, -0.1) is 0 Å². The number of hydrogen-bond donors (Lipinski definition) is 0. The molecule has 3 nitrogen and oxygen atoms in total. The number of ketones is 1. The molecule has 0 aliphatic rings. The first-order chi connectivity index (χ1) is 10.3. The Morgan fingerprint density at radius 2 is 1.67 bits per heavy atom. The number of imidazole rings is 1. The molecule has 0 spiro atoms. The van der Waals surface area contributed by atoms with Gasteiger partial charge in [0.25, 0.3) is 0 Å². The second-order valence-corrected chi connectivity index (χ2v) is 4.94. The summed E-state index contributed by atoms with van der Waals surface area (Å²) in [5.74, 6) is -0.0154. The van der Waals surface area contributed by atoms with Gasteiger partial charge in [-0.1, -0.05) is 54.6 Å². The van der Waals surface area contributed by atoms with Gasteiger partial charge in [0, 0.05) is 17.1 Å². The molecule has 4 aromatic rings. The first-order valence-electron chi connectivity index (χ1n) is 6.79. The summed E-state index contributed by atoms with van der Waals surface area (Å²) in [7, 11) is 0. The van der Waals surface area contributed by atoms with E-state index in [1.54, 1.807) is 6.20 Å². The number of rotatable bonds is 2. The summed E-state index contributed by atoms with van der Waals surface area (Å²) in [5, 5.41) is 2.17. The molecule has 0 atom stereocenters. The number of hydrogen-bond acceptors (Lipinski definition) is 2. The SMILES string of the molecule is O=C(c1ccccc1)c1cnc2c3ccccc3ccn12. The van der Waals surface area contributed by atoms with Crippen molar-refractivity contribution < 1.29 is 4.79 Å². The molecule has 4 rings (SSSR count). The number of carbonyl (C=O) groups excluding carboxylic acids is 1. The van der Waals surface area contributed by atoms with Crippen LogP contribution in [-0.4, -0.2) is 15.2 Å². The molecule has 0 fully saturated rings. The molecular weight excluding hydrogens is 260 g/mol. The van der Waals surface area contributed by atoms with Crippen LogP contribution >= 0.6 is 0 Å². The zero-order valence-electron chi connectivity index (χ0n) is 11.2. The van der Waals surface area contributed by atoms with Gasteiger partial charge in [0.2, 0.25) is 5.78 Å². The normalized spacial score (nSPS) is 11.0. The minimum Gasteiger partial charge on any atom is -0.296 e. The summed E-state index contributed by atoms with van der Waals surface area (Å²) in [6.45, 7) is 0. The van der Waals surface area contributed by atoms with Crippen molar-refractivity contribution in [3.05, 3.63) is 84.3 Å². The molecule has 0 saturated heterocycles. The lowest BCUT2D eigenvalue weighted by atomic mass is 10.1. The number of aromatic nitrogens is 2. The average Bonchev–Trinajstić information content (AvgIpc) is 2.99. The maximum Gasteiger partial charge on any atom is 0.211 e. The lowest BCUT2D eigenvalue weighted by molar-refractivity contribution is 0.103. The maximum atomic E-state index is 12.6. The quantitative estimate of drug-likeness (QED) is 0.521. The van der Waals surface area contributed by atoms with Crippen molar-refractivity contribution >= 4 is 22.2 Å². The van der Waals surface area contributed by atoms with Crippen LogP contribution in [0.25, 0.3) is 16.4 Å². The Morgan fingerprint density at radius 3 is 2.52 bits per heavy atom. The van der Waals surface area contributed by atoms with Gasteiger partial charge in [-0.25, -0.2) is 4.98 Å². The highest BCUT2D eigenvalue weighted by Crippen LogP contribution is 2.21. The average molecular weight is 272 g/mol. The van der Waals surface area contributed by atoms with E-state index in [1.807, 2.05) is 71.3 Å². The van der Waals surface area contributed by atoms with E-state index >= 15 is 0 Å². The van der Waals surface area contributed by atoms with Gasteiger partial charge < -0.3 is 0 Å². The third-order valence-electron chi connectivity index (χ3n) is 3.67. The van der Waals surface area contributed by atoms with Gasteiger partial charge in [0.15, 0.2) is 0 Å². The topological polar surface area (TPSA) is 34.4 Å². The van der Waals surface area contributed by atoms with Crippen LogP contribution in [0.1, 0.15) is 16.1 Å². The van der Waals surface area contributed by atoms with E-state index in [1.165, 1.54) is 0 Å². The molecule has 0 aliphatic carbocycles. The second-order valence-electron chi connectivity index (χ2n) is 4.94. The Balaban J connectivity index is 1.95. The van der Waals surface area contributed by atoms with E-state index in [0.29, 0.717) is 11.3 Å². The first kappa shape index (κ1) is 11.9. The highest BCUT2D eigenvalue weighted by molar-refractivity contribution is 6.09. The molecule has 0 saturated carbocycles. The second kappa shape index (κ2) is 4.56. The molecule has 0 aliphatic heterocycles. The highest BCUT2D eigenvalue weighted by atomic mass is 16.1. The third-order valence-corrected chi connectivity index (χ3v) is 3.67. The van der Waals surface area contributed by atoms with Crippen molar-refractivity contribution in [2.75, 3.05) is 0 Å². The highest BCUT2D eigenvalue weighted by Gasteiger charge is 2.14. The Hall–Kier alpha value is -2.94. The van der Waals surface area contributed by atoms with Gasteiger partial charge in [0.1, 0.15) is 11.3 Å². The van der Waals surface area contributed by atoms with Crippen LogP contribution in [0.4, 0.5) is 0 Å². The van der Waals surface area contributed by atoms with Gasteiger partial charge >= 0.3 is 0 Å². The van der Waals surface area contributed by atoms with Crippen LogP contribution in [0.15, 0.2) is 73.1 Å². The Morgan fingerprint density at radius 1 is 0.905 bits per heavy atom. The Labute approximate surface area is 121 Å². The van der Waals surface area contributed by atoms with Crippen molar-refractivity contribution in [1.82, 2.24) is 9.38 Å². The summed E-state index contributed by atoms with van der Waals surface area (Å²) in [5.41, 5.74) is 2.07. The number of fused-ring (bicyclic) bond motifs is 3. The fraction of sp³-hybridized carbons (Fsp3) is 0. The van der Waals surface area contributed by atoms with Crippen molar-refractivity contribution in [3.63, 3.8) is 0 Å². The summed E-state index contributed by atoms with van der Waals surface area (Å²) >= 11 is 0. The number of benzene rings is 2. The van der Waals surface area contributed by atoms with Crippen LogP contribution in [0, 0.1) is 0 Å². The van der Waals surface area contributed by atoms with Gasteiger partial charge in [-0.05, 0) is 11.5 Å².